The van der Waals surface area contributed by atoms with Crippen LogP contribution in [0.3, 0.4) is 0 Å². The van der Waals surface area contributed by atoms with Gasteiger partial charge in [-0.2, -0.15) is 0 Å². The molecule has 84 valence electrons. The predicted octanol–water partition coefficient (Wildman–Crippen LogP) is 1.77. The molecule has 0 radical (unpaired) electrons. The summed E-state index contributed by atoms with van der Waals surface area (Å²) in [6, 6.07) is 0.531. The molecule has 14 heavy (non-hydrogen) atoms. The maximum absolute atomic E-state index is 5.45. The molecule has 3 heteroatoms. The highest BCUT2D eigenvalue weighted by Crippen LogP contribution is 2.15. The summed E-state index contributed by atoms with van der Waals surface area (Å²) < 4.78 is 10.9. The zero-order chi connectivity index (χ0) is 10.4. The first-order valence-electron chi connectivity index (χ1n) is 5.69. The Balaban J connectivity index is 2.25. The summed E-state index contributed by atoms with van der Waals surface area (Å²) in [7, 11) is 0. The molecule has 1 aliphatic rings. The van der Waals surface area contributed by atoms with Crippen molar-refractivity contribution >= 4 is 0 Å². The highest BCUT2D eigenvalue weighted by Gasteiger charge is 2.21. The molecule has 1 fully saturated rings. The van der Waals surface area contributed by atoms with Gasteiger partial charge in [0.25, 0.3) is 0 Å². The Morgan fingerprint density at radius 2 is 1.93 bits per heavy atom. The summed E-state index contributed by atoms with van der Waals surface area (Å²) in [4.78, 5) is 0. The van der Waals surface area contributed by atoms with E-state index in [-0.39, 0.29) is 6.29 Å². The molecule has 0 spiro atoms. The average molecular weight is 201 g/mol. The molecular weight excluding hydrogens is 178 g/mol. The number of nitrogens with one attached hydrogen (secondary N) is 1. The molecule has 1 saturated heterocycles. The van der Waals surface area contributed by atoms with Crippen molar-refractivity contribution in [1.82, 2.24) is 5.32 Å². The van der Waals surface area contributed by atoms with E-state index in [1.165, 1.54) is 6.42 Å². The monoisotopic (exact) mass is 201 g/mol. The maximum Gasteiger partial charge on any atom is 0.159 e. The van der Waals surface area contributed by atoms with Gasteiger partial charge >= 0.3 is 0 Å². The van der Waals surface area contributed by atoms with Gasteiger partial charge in [-0.25, -0.2) is 0 Å². The molecular formula is C11H23NO2. The quantitative estimate of drug-likeness (QED) is 0.710. The summed E-state index contributed by atoms with van der Waals surface area (Å²) in [5, 5.41) is 3.48. The van der Waals surface area contributed by atoms with Crippen LogP contribution in [0.4, 0.5) is 0 Å². The van der Waals surface area contributed by atoms with Gasteiger partial charge in [0, 0.05) is 12.5 Å². The maximum atomic E-state index is 5.45. The normalized spacial score (nSPS) is 20.6. The van der Waals surface area contributed by atoms with Gasteiger partial charge in [-0.15, -0.1) is 0 Å². The number of rotatable bonds is 6. The van der Waals surface area contributed by atoms with Crippen LogP contribution in [0.2, 0.25) is 0 Å². The molecule has 0 amide bonds. The predicted molar refractivity (Wildman–Crippen MR) is 57.2 cm³/mol. The van der Waals surface area contributed by atoms with E-state index < -0.39 is 0 Å². The molecule has 1 unspecified atom stereocenters. The fourth-order valence-electron chi connectivity index (χ4n) is 1.90. The molecule has 0 saturated carbocycles. The second-order valence-electron chi connectivity index (χ2n) is 4.29. The van der Waals surface area contributed by atoms with Crippen LogP contribution in [0.1, 0.15) is 33.6 Å². The van der Waals surface area contributed by atoms with E-state index in [0.717, 1.165) is 32.1 Å². The van der Waals surface area contributed by atoms with Crippen LogP contribution in [0.15, 0.2) is 0 Å². The third-order valence-electron chi connectivity index (χ3n) is 2.42. The van der Waals surface area contributed by atoms with Gasteiger partial charge in [-0.05, 0) is 18.9 Å². The van der Waals surface area contributed by atoms with E-state index in [0.29, 0.717) is 6.04 Å². The minimum absolute atomic E-state index is 0.0257. The fraction of sp³-hybridized carbons (Fsp3) is 1.00. The second-order valence-corrected chi connectivity index (χ2v) is 4.29. The molecule has 1 rings (SSSR count). The van der Waals surface area contributed by atoms with Crippen LogP contribution in [0.5, 0.6) is 0 Å². The molecule has 1 N–H and O–H groups in total. The molecule has 0 bridgehead atoms. The first kappa shape index (κ1) is 12.0. The third kappa shape index (κ3) is 4.40. The molecule has 3 nitrogen and oxygen atoms in total. The summed E-state index contributed by atoms with van der Waals surface area (Å²) >= 11 is 0. The lowest BCUT2D eigenvalue weighted by atomic mass is 10.0. The van der Waals surface area contributed by atoms with E-state index in [1.54, 1.807) is 0 Å². The van der Waals surface area contributed by atoms with Crippen molar-refractivity contribution in [2.24, 2.45) is 5.92 Å². The van der Waals surface area contributed by atoms with Gasteiger partial charge in [0.15, 0.2) is 6.29 Å². The molecule has 1 atom stereocenters. The van der Waals surface area contributed by atoms with Crippen molar-refractivity contribution in [3.8, 4) is 0 Å². The van der Waals surface area contributed by atoms with E-state index in [1.807, 2.05) is 0 Å². The van der Waals surface area contributed by atoms with Gasteiger partial charge in [-0.1, -0.05) is 20.8 Å². The molecule has 0 aromatic rings. The summed E-state index contributed by atoms with van der Waals surface area (Å²) in [5.41, 5.74) is 0. The topological polar surface area (TPSA) is 30.5 Å². The Bertz CT molecular complexity index is 144. The summed E-state index contributed by atoms with van der Waals surface area (Å²) in [6.07, 6.45) is 2.20. The zero-order valence-corrected chi connectivity index (χ0v) is 9.58. The fourth-order valence-corrected chi connectivity index (χ4v) is 1.90. The zero-order valence-electron chi connectivity index (χ0n) is 9.58. The minimum Gasteiger partial charge on any atom is -0.350 e. The van der Waals surface area contributed by atoms with Gasteiger partial charge in [-0.3, -0.25) is 0 Å². The smallest absolute Gasteiger partial charge is 0.159 e. The van der Waals surface area contributed by atoms with Crippen LogP contribution in [-0.2, 0) is 9.47 Å². The largest absolute Gasteiger partial charge is 0.350 e. The Kier molecular flexibility index (Phi) is 5.45. The molecule has 1 aliphatic heterocycles. The van der Waals surface area contributed by atoms with Crippen molar-refractivity contribution in [3.63, 3.8) is 0 Å². The highest BCUT2D eigenvalue weighted by molar-refractivity contribution is 4.71. The van der Waals surface area contributed by atoms with Gasteiger partial charge in [0.1, 0.15) is 0 Å². The van der Waals surface area contributed by atoms with Crippen LogP contribution < -0.4 is 5.32 Å². The Labute approximate surface area is 87.2 Å². The summed E-state index contributed by atoms with van der Waals surface area (Å²) in [5.74, 6) is 0.723. The van der Waals surface area contributed by atoms with Crippen molar-refractivity contribution in [2.75, 3.05) is 19.8 Å². The molecule has 0 aliphatic carbocycles. The third-order valence-corrected chi connectivity index (χ3v) is 2.42. The highest BCUT2D eigenvalue weighted by atomic mass is 16.7. The van der Waals surface area contributed by atoms with Crippen LogP contribution in [0.25, 0.3) is 0 Å². The van der Waals surface area contributed by atoms with E-state index in [9.17, 15) is 0 Å². The first-order valence-corrected chi connectivity index (χ1v) is 5.69. The van der Waals surface area contributed by atoms with Crippen LogP contribution in [-0.4, -0.2) is 32.1 Å². The van der Waals surface area contributed by atoms with Crippen LogP contribution in [0, 0.1) is 5.92 Å². The van der Waals surface area contributed by atoms with Gasteiger partial charge < -0.3 is 14.8 Å². The van der Waals surface area contributed by atoms with E-state index in [4.69, 9.17) is 9.47 Å². The van der Waals surface area contributed by atoms with Crippen molar-refractivity contribution in [2.45, 2.75) is 45.9 Å². The summed E-state index contributed by atoms with van der Waals surface area (Å²) in [6.45, 7) is 9.17. The van der Waals surface area contributed by atoms with Crippen molar-refractivity contribution in [3.05, 3.63) is 0 Å². The first-order chi connectivity index (χ1) is 6.72. The van der Waals surface area contributed by atoms with Crippen LogP contribution >= 0.6 is 0 Å². The average Bonchev–Trinajstić information content (AvgIpc) is 2.56. The standard InChI is InChI=1S/C11H23NO2/c1-4-12-10(7-9(2)3)8-11-13-5-6-14-11/h9-12H,4-8H2,1-3H3. The lowest BCUT2D eigenvalue weighted by Gasteiger charge is -2.22. The van der Waals surface area contributed by atoms with Crippen molar-refractivity contribution < 1.29 is 9.47 Å². The number of hydrogen-bond donors (Lipinski definition) is 1. The molecule has 0 aromatic heterocycles. The lowest BCUT2D eigenvalue weighted by molar-refractivity contribution is -0.0536. The Hall–Kier alpha value is -0.120. The Morgan fingerprint density at radius 1 is 1.29 bits per heavy atom. The number of ether oxygens (including phenoxy) is 2. The Morgan fingerprint density at radius 3 is 2.43 bits per heavy atom. The number of hydrogen-bond acceptors (Lipinski definition) is 3. The molecule has 1 heterocycles. The van der Waals surface area contributed by atoms with E-state index >= 15 is 0 Å². The van der Waals surface area contributed by atoms with Gasteiger partial charge in [0.05, 0.1) is 13.2 Å². The minimum atomic E-state index is 0.0257. The van der Waals surface area contributed by atoms with E-state index in [2.05, 4.69) is 26.1 Å². The van der Waals surface area contributed by atoms with Crippen molar-refractivity contribution in [1.29, 1.82) is 0 Å². The second kappa shape index (κ2) is 6.38. The SMILES string of the molecule is CCNC(CC(C)C)CC1OCCO1. The molecule has 0 aromatic carbocycles. The van der Waals surface area contributed by atoms with Gasteiger partial charge in [0.2, 0.25) is 0 Å². The lowest BCUT2D eigenvalue weighted by Crippen LogP contribution is -2.34.